The lowest BCUT2D eigenvalue weighted by atomic mass is 10.1. The quantitative estimate of drug-likeness (QED) is 0.795. The molecule has 1 aliphatic heterocycles. The van der Waals surface area contributed by atoms with Crippen molar-refractivity contribution >= 4 is 0 Å². The summed E-state index contributed by atoms with van der Waals surface area (Å²) < 4.78 is 5.10. The molecule has 1 aliphatic rings. The summed E-state index contributed by atoms with van der Waals surface area (Å²) in [6.45, 7) is 5.33. The highest BCUT2D eigenvalue weighted by Crippen LogP contribution is 2.26. The van der Waals surface area contributed by atoms with E-state index < -0.39 is 0 Å². The lowest BCUT2D eigenvalue weighted by Crippen LogP contribution is -2.25. The average molecular weight is 194 g/mol. The van der Waals surface area contributed by atoms with E-state index in [4.69, 9.17) is 10.2 Å². The Morgan fingerprint density at radius 2 is 2.57 bits per heavy atom. The van der Waals surface area contributed by atoms with E-state index in [0.29, 0.717) is 12.0 Å². The molecular formula is C11H18N2O. The third-order valence-corrected chi connectivity index (χ3v) is 3.22. The Balaban J connectivity index is 1.97. The number of likely N-dealkylation sites (tertiary alicyclic amines) is 1. The lowest BCUT2D eigenvalue weighted by Gasteiger charge is -2.23. The molecule has 0 saturated carbocycles. The Bertz CT molecular complexity index is 271. The van der Waals surface area contributed by atoms with Crippen LogP contribution < -0.4 is 5.73 Å². The van der Waals surface area contributed by atoms with Crippen LogP contribution in [0.1, 0.15) is 24.9 Å². The van der Waals surface area contributed by atoms with Crippen LogP contribution >= 0.6 is 0 Å². The summed E-state index contributed by atoms with van der Waals surface area (Å²) in [5.41, 5.74) is 6.94. The van der Waals surface area contributed by atoms with Gasteiger partial charge in [0.2, 0.25) is 0 Å². The van der Waals surface area contributed by atoms with E-state index in [1.54, 1.807) is 6.26 Å². The summed E-state index contributed by atoms with van der Waals surface area (Å²) in [5, 5.41) is 0. The summed E-state index contributed by atoms with van der Waals surface area (Å²) in [6.07, 6.45) is 4.81. The monoisotopic (exact) mass is 194 g/mol. The summed E-state index contributed by atoms with van der Waals surface area (Å²) in [7, 11) is 0. The Morgan fingerprint density at radius 3 is 3.14 bits per heavy atom. The Morgan fingerprint density at radius 1 is 1.71 bits per heavy atom. The van der Waals surface area contributed by atoms with Gasteiger partial charge in [-0.1, -0.05) is 0 Å². The molecule has 14 heavy (non-hydrogen) atoms. The van der Waals surface area contributed by atoms with E-state index >= 15 is 0 Å². The molecule has 1 fully saturated rings. The molecule has 0 amide bonds. The molecule has 2 rings (SSSR count). The van der Waals surface area contributed by atoms with Crippen molar-refractivity contribution in [3.05, 3.63) is 24.2 Å². The number of furan rings is 1. The molecule has 0 bridgehead atoms. The second-order valence-corrected chi connectivity index (χ2v) is 4.12. The molecule has 0 radical (unpaired) electrons. The van der Waals surface area contributed by atoms with E-state index in [-0.39, 0.29) is 0 Å². The highest BCUT2D eigenvalue weighted by molar-refractivity contribution is 5.11. The van der Waals surface area contributed by atoms with Crippen molar-refractivity contribution in [1.29, 1.82) is 0 Å². The largest absolute Gasteiger partial charge is 0.472 e. The van der Waals surface area contributed by atoms with Crippen molar-refractivity contribution in [2.24, 2.45) is 11.7 Å². The van der Waals surface area contributed by atoms with Crippen LogP contribution in [0.15, 0.2) is 23.0 Å². The van der Waals surface area contributed by atoms with Crippen LogP contribution in [0.4, 0.5) is 0 Å². The molecule has 3 nitrogen and oxygen atoms in total. The molecule has 78 valence electrons. The normalized spacial score (nSPS) is 25.4. The van der Waals surface area contributed by atoms with Gasteiger partial charge >= 0.3 is 0 Å². The number of nitrogens with two attached hydrogens (primary N) is 1. The van der Waals surface area contributed by atoms with Crippen LogP contribution in [-0.4, -0.2) is 24.5 Å². The van der Waals surface area contributed by atoms with Crippen LogP contribution in [0, 0.1) is 5.92 Å². The van der Waals surface area contributed by atoms with Crippen molar-refractivity contribution < 1.29 is 4.42 Å². The van der Waals surface area contributed by atoms with Crippen LogP contribution in [-0.2, 0) is 0 Å². The van der Waals surface area contributed by atoms with E-state index in [1.165, 1.54) is 12.0 Å². The van der Waals surface area contributed by atoms with Gasteiger partial charge in [-0.2, -0.15) is 0 Å². The fourth-order valence-electron chi connectivity index (χ4n) is 2.13. The van der Waals surface area contributed by atoms with Crippen molar-refractivity contribution in [2.75, 3.05) is 19.6 Å². The minimum atomic E-state index is 0.463. The number of rotatable bonds is 3. The minimum Gasteiger partial charge on any atom is -0.472 e. The Hall–Kier alpha value is -0.800. The number of hydrogen-bond donors (Lipinski definition) is 1. The van der Waals surface area contributed by atoms with Gasteiger partial charge in [-0.05, 0) is 38.4 Å². The van der Waals surface area contributed by atoms with Gasteiger partial charge in [-0.3, -0.25) is 4.90 Å². The molecule has 0 aromatic carbocycles. The first-order valence-electron chi connectivity index (χ1n) is 5.27. The molecule has 2 heterocycles. The standard InChI is InChI=1S/C11H18N2O/c1-9(11-3-5-14-8-11)13-4-2-10(6-12)7-13/h3,5,8-10H,2,4,6-7,12H2,1H3. The summed E-state index contributed by atoms with van der Waals surface area (Å²) >= 11 is 0. The Labute approximate surface area is 84.9 Å². The van der Waals surface area contributed by atoms with Crippen molar-refractivity contribution in [2.45, 2.75) is 19.4 Å². The molecule has 2 unspecified atom stereocenters. The summed E-state index contributed by atoms with van der Waals surface area (Å²) in [6, 6.07) is 2.51. The first-order valence-corrected chi connectivity index (χ1v) is 5.27. The van der Waals surface area contributed by atoms with E-state index in [0.717, 1.165) is 19.6 Å². The second-order valence-electron chi connectivity index (χ2n) is 4.12. The topological polar surface area (TPSA) is 42.4 Å². The first kappa shape index (κ1) is 9.74. The van der Waals surface area contributed by atoms with E-state index in [2.05, 4.69) is 11.8 Å². The minimum absolute atomic E-state index is 0.463. The molecular weight excluding hydrogens is 176 g/mol. The molecule has 1 aromatic heterocycles. The van der Waals surface area contributed by atoms with Gasteiger partial charge in [0.05, 0.1) is 12.5 Å². The zero-order valence-corrected chi connectivity index (χ0v) is 8.65. The molecule has 2 atom stereocenters. The van der Waals surface area contributed by atoms with Crippen molar-refractivity contribution in [3.8, 4) is 0 Å². The third-order valence-electron chi connectivity index (χ3n) is 3.22. The molecule has 2 N–H and O–H groups in total. The summed E-state index contributed by atoms with van der Waals surface area (Å²) in [4.78, 5) is 2.47. The third kappa shape index (κ3) is 1.83. The lowest BCUT2D eigenvalue weighted by molar-refractivity contribution is 0.252. The van der Waals surface area contributed by atoms with Gasteiger partial charge in [0.15, 0.2) is 0 Å². The second kappa shape index (κ2) is 4.15. The first-order chi connectivity index (χ1) is 6.81. The smallest absolute Gasteiger partial charge is 0.0950 e. The van der Waals surface area contributed by atoms with E-state index in [1.807, 2.05) is 12.3 Å². The Kier molecular flexibility index (Phi) is 2.89. The molecule has 3 heteroatoms. The highest BCUT2D eigenvalue weighted by atomic mass is 16.3. The van der Waals surface area contributed by atoms with Gasteiger partial charge in [-0.15, -0.1) is 0 Å². The van der Waals surface area contributed by atoms with Crippen LogP contribution in [0.25, 0.3) is 0 Å². The van der Waals surface area contributed by atoms with Crippen molar-refractivity contribution in [1.82, 2.24) is 4.90 Å². The maximum atomic E-state index is 5.67. The highest BCUT2D eigenvalue weighted by Gasteiger charge is 2.25. The SMILES string of the molecule is CC(c1ccoc1)N1CCC(CN)C1. The molecule has 0 aliphatic carbocycles. The number of hydrogen-bond acceptors (Lipinski definition) is 3. The molecule has 1 saturated heterocycles. The molecule has 0 spiro atoms. The summed E-state index contributed by atoms with van der Waals surface area (Å²) in [5.74, 6) is 0.685. The molecule has 1 aromatic rings. The number of nitrogens with zero attached hydrogens (tertiary/aromatic N) is 1. The average Bonchev–Trinajstić information content (AvgIpc) is 2.88. The zero-order chi connectivity index (χ0) is 9.97. The van der Waals surface area contributed by atoms with Gasteiger partial charge in [0.25, 0.3) is 0 Å². The zero-order valence-electron chi connectivity index (χ0n) is 8.65. The van der Waals surface area contributed by atoms with Crippen LogP contribution in [0.2, 0.25) is 0 Å². The van der Waals surface area contributed by atoms with Gasteiger partial charge in [-0.25, -0.2) is 0 Å². The fourth-order valence-corrected chi connectivity index (χ4v) is 2.13. The van der Waals surface area contributed by atoms with E-state index in [9.17, 15) is 0 Å². The van der Waals surface area contributed by atoms with Gasteiger partial charge in [0, 0.05) is 18.2 Å². The van der Waals surface area contributed by atoms with Crippen molar-refractivity contribution in [3.63, 3.8) is 0 Å². The maximum Gasteiger partial charge on any atom is 0.0950 e. The fraction of sp³-hybridized carbons (Fsp3) is 0.636. The predicted octanol–water partition coefficient (Wildman–Crippen LogP) is 1.62. The predicted molar refractivity (Wildman–Crippen MR) is 55.9 cm³/mol. The van der Waals surface area contributed by atoms with Crippen LogP contribution in [0.3, 0.4) is 0 Å². The maximum absolute atomic E-state index is 5.67. The van der Waals surface area contributed by atoms with Crippen LogP contribution in [0.5, 0.6) is 0 Å². The van der Waals surface area contributed by atoms with Gasteiger partial charge < -0.3 is 10.2 Å². The van der Waals surface area contributed by atoms with Gasteiger partial charge in [0.1, 0.15) is 0 Å².